The van der Waals surface area contributed by atoms with Crippen LogP contribution in [0.1, 0.15) is 25.3 Å². The zero-order valence-electron chi connectivity index (χ0n) is 12.2. The first-order valence-corrected chi connectivity index (χ1v) is 7.23. The number of rotatable bonds is 5. The number of likely N-dealkylation sites (N-methyl/N-ethyl adjacent to an activating group) is 2. The third kappa shape index (κ3) is 3.32. The molecule has 0 spiro atoms. The smallest absolute Gasteiger partial charge is 0.0462 e. The first-order valence-electron chi connectivity index (χ1n) is 7.23. The van der Waals surface area contributed by atoms with E-state index in [-0.39, 0.29) is 5.54 Å². The van der Waals surface area contributed by atoms with E-state index in [0.29, 0.717) is 0 Å². The molecule has 0 bridgehead atoms. The van der Waals surface area contributed by atoms with Crippen LogP contribution < -0.4 is 5.73 Å². The van der Waals surface area contributed by atoms with Crippen molar-refractivity contribution in [3.63, 3.8) is 0 Å². The Morgan fingerprint density at radius 1 is 1.42 bits per heavy atom. The molecule has 1 atom stereocenters. The largest absolute Gasteiger partial charge is 0.329 e. The number of nitrogens with two attached hydrogens (primary N) is 1. The summed E-state index contributed by atoms with van der Waals surface area (Å²) in [7, 11) is 2.20. The Hall–Kier alpha value is -0.970. The highest BCUT2D eigenvalue weighted by Gasteiger charge is 2.37. The van der Waals surface area contributed by atoms with E-state index in [1.54, 1.807) is 0 Å². The number of hydrogen-bond donors (Lipinski definition) is 1. The van der Waals surface area contributed by atoms with Gasteiger partial charge in [0.15, 0.2) is 0 Å². The maximum atomic E-state index is 6.15. The van der Waals surface area contributed by atoms with E-state index >= 15 is 0 Å². The van der Waals surface area contributed by atoms with Crippen molar-refractivity contribution < 1.29 is 0 Å². The van der Waals surface area contributed by atoms with E-state index in [0.717, 1.165) is 26.2 Å². The summed E-state index contributed by atoms with van der Waals surface area (Å²) in [6.07, 6.45) is 6.17. The molecule has 1 aliphatic heterocycles. The minimum Gasteiger partial charge on any atom is -0.329 e. The minimum absolute atomic E-state index is 0.130. The molecule has 0 saturated carbocycles. The summed E-state index contributed by atoms with van der Waals surface area (Å²) in [6.45, 7) is 7.22. The molecule has 2 N–H and O–H groups in total. The zero-order chi connectivity index (χ0) is 13.7. The highest BCUT2D eigenvalue weighted by Crippen LogP contribution is 2.27. The van der Waals surface area contributed by atoms with Crippen LogP contribution in [0.25, 0.3) is 0 Å². The van der Waals surface area contributed by atoms with Gasteiger partial charge in [-0.2, -0.15) is 0 Å². The molecule has 106 valence electrons. The second-order valence-electron chi connectivity index (χ2n) is 5.64. The van der Waals surface area contributed by atoms with Crippen molar-refractivity contribution in [1.29, 1.82) is 0 Å². The number of nitrogens with zero attached hydrogens (tertiary/aromatic N) is 3. The number of pyridine rings is 1. The van der Waals surface area contributed by atoms with Crippen LogP contribution in [0.5, 0.6) is 0 Å². The number of aromatic nitrogens is 1. The van der Waals surface area contributed by atoms with Gasteiger partial charge in [-0.1, -0.05) is 6.92 Å². The predicted molar refractivity (Wildman–Crippen MR) is 78.8 cm³/mol. The summed E-state index contributed by atoms with van der Waals surface area (Å²) in [5, 5.41) is 0. The van der Waals surface area contributed by atoms with Crippen molar-refractivity contribution >= 4 is 0 Å². The molecule has 1 unspecified atom stereocenters. The maximum Gasteiger partial charge on any atom is 0.0462 e. The molecule has 1 saturated heterocycles. The lowest BCUT2D eigenvalue weighted by Crippen LogP contribution is -2.61. The number of hydrogen-bond acceptors (Lipinski definition) is 4. The molecule has 0 aromatic carbocycles. The summed E-state index contributed by atoms with van der Waals surface area (Å²) >= 11 is 0. The van der Waals surface area contributed by atoms with E-state index in [1.807, 2.05) is 12.4 Å². The monoisotopic (exact) mass is 262 g/mol. The van der Waals surface area contributed by atoms with Gasteiger partial charge in [-0.25, -0.2) is 0 Å². The Morgan fingerprint density at radius 3 is 2.74 bits per heavy atom. The minimum atomic E-state index is 0.130. The van der Waals surface area contributed by atoms with E-state index in [9.17, 15) is 0 Å². The van der Waals surface area contributed by atoms with E-state index in [4.69, 9.17) is 5.73 Å². The van der Waals surface area contributed by atoms with Crippen LogP contribution in [0.2, 0.25) is 0 Å². The van der Waals surface area contributed by atoms with Crippen LogP contribution in [-0.2, 0) is 6.54 Å². The van der Waals surface area contributed by atoms with Gasteiger partial charge in [-0.05, 0) is 50.7 Å². The molecular weight excluding hydrogens is 236 g/mol. The topological polar surface area (TPSA) is 45.4 Å². The lowest BCUT2D eigenvalue weighted by molar-refractivity contribution is 0.0234. The summed E-state index contributed by atoms with van der Waals surface area (Å²) in [4.78, 5) is 9.04. The molecule has 0 aliphatic carbocycles. The first kappa shape index (κ1) is 14.4. The SMILES string of the molecule is CCN(Cc1ccncc1)C1(CN)CCCN(C)C1. The van der Waals surface area contributed by atoms with Crippen molar-refractivity contribution in [2.45, 2.75) is 31.8 Å². The molecule has 4 nitrogen and oxygen atoms in total. The Morgan fingerprint density at radius 2 is 2.16 bits per heavy atom. The van der Waals surface area contributed by atoms with Crippen LogP contribution in [-0.4, -0.2) is 53.5 Å². The predicted octanol–water partition coefficient (Wildman–Crippen LogP) is 1.33. The lowest BCUT2D eigenvalue weighted by Gasteiger charge is -2.48. The first-order chi connectivity index (χ1) is 9.20. The van der Waals surface area contributed by atoms with Gasteiger partial charge in [0, 0.05) is 37.6 Å². The molecule has 1 aromatic heterocycles. The molecular formula is C15H26N4. The quantitative estimate of drug-likeness (QED) is 0.869. The van der Waals surface area contributed by atoms with E-state index in [1.165, 1.54) is 24.9 Å². The van der Waals surface area contributed by atoms with Gasteiger partial charge < -0.3 is 10.6 Å². The van der Waals surface area contributed by atoms with E-state index < -0.39 is 0 Å². The molecule has 2 heterocycles. The van der Waals surface area contributed by atoms with Gasteiger partial charge >= 0.3 is 0 Å². The number of likely N-dealkylation sites (tertiary alicyclic amines) is 1. The van der Waals surface area contributed by atoms with E-state index in [2.05, 4.69) is 40.9 Å². The van der Waals surface area contributed by atoms with Crippen molar-refractivity contribution in [2.75, 3.05) is 33.2 Å². The Balaban J connectivity index is 2.14. The number of piperidine rings is 1. The fourth-order valence-electron chi connectivity index (χ4n) is 3.22. The van der Waals surface area contributed by atoms with Crippen LogP contribution in [0.4, 0.5) is 0 Å². The van der Waals surface area contributed by atoms with Gasteiger partial charge in [0.2, 0.25) is 0 Å². The van der Waals surface area contributed by atoms with Crippen molar-refractivity contribution in [2.24, 2.45) is 5.73 Å². The van der Waals surface area contributed by atoms with Crippen molar-refractivity contribution in [1.82, 2.24) is 14.8 Å². The highest BCUT2D eigenvalue weighted by atomic mass is 15.3. The normalized spacial score (nSPS) is 24.8. The molecule has 1 aromatic rings. The summed E-state index contributed by atoms with van der Waals surface area (Å²) in [5.41, 5.74) is 7.60. The molecule has 1 aliphatic rings. The molecule has 2 rings (SSSR count). The average molecular weight is 262 g/mol. The molecule has 1 fully saturated rings. The Labute approximate surface area is 116 Å². The Kier molecular flexibility index (Phi) is 4.91. The fraction of sp³-hybridized carbons (Fsp3) is 0.667. The highest BCUT2D eigenvalue weighted by molar-refractivity contribution is 5.11. The van der Waals surface area contributed by atoms with Gasteiger partial charge in [-0.15, -0.1) is 0 Å². The fourth-order valence-corrected chi connectivity index (χ4v) is 3.22. The third-order valence-corrected chi connectivity index (χ3v) is 4.30. The van der Waals surface area contributed by atoms with Gasteiger partial charge in [-0.3, -0.25) is 9.88 Å². The van der Waals surface area contributed by atoms with Crippen LogP contribution in [0.15, 0.2) is 24.5 Å². The van der Waals surface area contributed by atoms with Gasteiger partial charge in [0.05, 0.1) is 0 Å². The molecule has 0 radical (unpaired) electrons. The van der Waals surface area contributed by atoms with Crippen molar-refractivity contribution in [3.05, 3.63) is 30.1 Å². The summed E-state index contributed by atoms with van der Waals surface area (Å²) < 4.78 is 0. The van der Waals surface area contributed by atoms with Gasteiger partial charge in [0.25, 0.3) is 0 Å². The third-order valence-electron chi connectivity index (χ3n) is 4.30. The molecule has 0 amide bonds. The lowest BCUT2D eigenvalue weighted by atomic mass is 9.87. The molecule has 19 heavy (non-hydrogen) atoms. The zero-order valence-corrected chi connectivity index (χ0v) is 12.2. The molecule has 4 heteroatoms. The van der Waals surface area contributed by atoms with Crippen LogP contribution >= 0.6 is 0 Å². The standard InChI is InChI=1S/C15H26N4/c1-3-19(11-14-5-8-17-9-6-14)15(12-16)7-4-10-18(2)13-15/h5-6,8-9H,3-4,7,10-13,16H2,1-2H3. The van der Waals surface area contributed by atoms with Gasteiger partial charge in [0.1, 0.15) is 0 Å². The average Bonchev–Trinajstić information content (AvgIpc) is 2.45. The van der Waals surface area contributed by atoms with Crippen molar-refractivity contribution in [3.8, 4) is 0 Å². The maximum absolute atomic E-state index is 6.15. The second kappa shape index (κ2) is 6.46. The Bertz CT molecular complexity index is 381. The summed E-state index contributed by atoms with van der Waals surface area (Å²) in [5.74, 6) is 0. The van der Waals surface area contributed by atoms with Crippen LogP contribution in [0, 0.1) is 0 Å². The second-order valence-corrected chi connectivity index (χ2v) is 5.64. The van der Waals surface area contributed by atoms with Crippen LogP contribution in [0.3, 0.4) is 0 Å². The summed E-state index contributed by atoms with van der Waals surface area (Å²) in [6, 6.07) is 4.19.